The number of aliphatic hydroxyl groups excluding tert-OH is 1. The lowest BCUT2D eigenvalue weighted by atomic mass is 10.1. The quantitative estimate of drug-likeness (QED) is 0.178. The zero-order valence-corrected chi connectivity index (χ0v) is 23.7. The summed E-state index contributed by atoms with van der Waals surface area (Å²) in [5, 5.41) is 26.9. The van der Waals surface area contributed by atoms with E-state index in [4.69, 9.17) is 18.9 Å². The Kier molecular flexibility index (Phi) is 9.19. The molecule has 12 heteroatoms. The van der Waals surface area contributed by atoms with E-state index in [2.05, 4.69) is 36.8 Å². The normalized spacial score (nSPS) is 13.2. The van der Waals surface area contributed by atoms with Crippen molar-refractivity contribution in [2.45, 2.75) is 17.8 Å². The van der Waals surface area contributed by atoms with Crippen molar-refractivity contribution in [1.82, 2.24) is 25.5 Å². The van der Waals surface area contributed by atoms with Gasteiger partial charge < -0.3 is 29.4 Å². The van der Waals surface area contributed by atoms with Crippen molar-refractivity contribution in [2.75, 3.05) is 39.2 Å². The van der Waals surface area contributed by atoms with Crippen LogP contribution in [0, 0.1) is 0 Å². The van der Waals surface area contributed by atoms with Gasteiger partial charge in [-0.3, -0.25) is 0 Å². The molecule has 1 aliphatic heterocycles. The maximum absolute atomic E-state index is 10.7. The van der Waals surface area contributed by atoms with Crippen molar-refractivity contribution in [3.63, 3.8) is 0 Å². The Hall–Kier alpha value is -3.32. The molecule has 1 unspecified atom stereocenters. The second-order valence-electron chi connectivity index (χ2n) is 8.57. The van der Waals surface area contributed by atoms with E-state index in [1.165, 1.54) is 0 Å². The average Bonchev–Trinajstić information content (AvgIpc) is 3.44. The highest BCUT2D eigenvalue weighted by Gasteiger charge is 2.18. The number of thioether (sulfide) groups is 1. The van der Waals surface area contributed by atoms with Crippen molar-refractivity contribution >= 4 is 27.7 Å². The predicted octanol–water partition coefficient (Wildman–Crippen LogP) is 4.20. The van der Waals surface area contributed by atoms with Gasteiger partial charge in [0, 0.05) is 18.8 Å². The maximum Gasteiger partial charge on any atom is 0.214 e. The lowest BCUT2D eigenvalue weighted by molar-refractivity contribution is 0.105. The Bertz CT molecular complexity index is 1390. The number of ether oxygens (including phenoxy) is 4. The van der Waals surface area contributed by atoms with Gasteiger partial charge in [0.15, 0.2) is 23.0 Å². The number of nitrogens with one attached hydrogen (secondary N) is 1. The molecule has 0 fully saturated rings. The van der Waals surface area contributed by atoms with Gasteiger partial charge in [0.25, 0.3) is 0 Å². The molecule has 1 atom stereocenters. The first kappa shape index (κ1) is 27.3. The molecule has 3 aromatic carbocycles. The fourth-order valence-electron chi connectivity index (χ4n) is 3.99. The molecule has 1 aromatic heterocycles. The van der Waals surface area contributed by atoms with Gasteiger partial charge in [-0.15, -0.1) is 5.10 Å². The number of hydrogen-bond donors (Lipinski definition) is 2. The largest absolute Gasteiger partial charge is 0.493 e. The maximum atomic E-state index is 10.7. The van der Waals surface area contributed by atoms with Crippen LogP contribution in [0.15, 0.2) is 70.3 Å². The number of hydrogen-bond acceptors (Lipinski definition) is 10. The third-order valence-corrected chi connectivity index (χ3v) is 7.42. The first-order valence-electron chi connectivity index (χ1n) is 12.4. The van der Waals surface area contributed by atoms with Crippen molar-refractivity contribution in [2.24, 2.45) is 0 Å². The molecule has 0 radical (unpaired) electrons. The molecule has 0 bridgehead atoms. The van der Waals surface area contributed by atoms with Gasteiger partial charge in [0.05, 0.1) is 17.3 Å². The molecule has 5 rings (SSSR count). The molecular formula is C27H28BrN5O5S. The molecule has 0 spiro atoms. The Labute approximate surface area is 238 Å². The minimum atomic E-state index is -0.848. The molecular weight excluding hydrogens is 586 g/mol. The third-order valence-electron chi connectivity index (χ3n) is 5.91. The summed E-state index contributed by atoms with van der Waals surface area (Å²) >= 11 is 5.18. The number of para-hydroxylation sites is 1. The van der Waals surface area contributed by atoms with Crippen LogP contribution >= 0.6 is 27.7 Å². The molecule has 2 N–H and O–H groups in total. The summed E-state index contributed by atoms with van der Waals surface area (Å²) in [6.45, 7) is 2.45. The van der Waals surface area contributed by atoms with Crippen molar-refractivity contribution < 1.29 is 24.1 Å². The van der Waals surface area contributed by atoms with Crippen molar-refractivity contribution in [3.8, 4) is 28.7 Å². The summed E-state index contributed by atoms with van der Waals surface area (Å²) in [6.07, 6.45) is -0.848. The average molecular weight is 615 g/mol. The van der Waals surface area contributed by atoms with E-state index >= 15 is 0 Å². The van der Waals surface area contributed by atoms with E-state index in [9.17, 15) is 5.11 Å². The molecule has 1 aliphatic rings. The zero-order valence-electron chi connectivity index (χ0n) is 21.2. The van der Waals surface area contributed by atoms with Gasteiger partial charge in [-0.2, -0.15) is 4.68 Å². The van der Waals surface area contributed by atoms with E-state index in [1.807, 2.05) is 48.5 Å². The smallest absolute Gasteiger partial charge is 0.214 e. The lowest BCUT2D eigenvalue weighted by Gasteiger charge is -2.21. The zero-order chi connectivity index (χ0) is 27.0. The summed E-state index contributed by atoms with van der Waals surface area (Å²) in [4.78, 5) is 0. The summed E-state index contributed by atoms with van der Waals surface area (Å²) in [5.74, 6) is 3.21. The summed E-state index contributed by atoms with van der Waals surface area (Å²) in [7, 11) is 1.59. The minimum absolute atomic E-state index is 0.0475. The monoisotopic (exact) mass is 613 g/mol. The van der Waals surface area contributed by atoms with Crippen LogP contribution in [0.3, 0.4) is 0 Å². The van der Waals surface area contributed by atoms with E-state index in [-0.39, 0.29) is 6.61 Å². The molecule has 10 nitrogen and oxygen atoms in total. The fourth-order valence-corrected chi connectivity index (χ4v) is 5.38. The van der Waals surface area contributed by atoms with Crippen LogP contribution in [0.2, 0.25) is 0 Å². The van der Waals surface area contributed by atoms with E-state index < -0.39 is 6.10 Å². The highest BCUT2D eigenvalue weighted by Crippen LogP contribution is 2.38. The van der Waals surface area contributed by atoms with E-state index in [0.29, 0.717) is 48.3 Å². The molecule has 204 valence electrons. The van der Waals surface area contributed by atoms with Crippen LogP contribution in [0.5, 0.6) is 23.0 Å². The Morgan fingerprint density at radius 3 is 2.74 bits per heavy atom. The van der Waals surface area contributed by atoms with Gasteiger partial charge in [-0.25, -0.2) is 0 Å². The highest BCUT2D eigenvalue weighted by atomic mass is 79.9. The van der Waals surface area contributed by atoms with E-state index in [0.717, 1.165) is 33.2 Å². The lowest BCUT2D eigenvalue weighted by Crippen LogP contribution is -2.17. The standard InChI is InChI=1S/C27H28BrN5O5S/c1-35-25-14-18(16-29-9-12-39-27-30-31-32-33(27)20-5-3-2-4-6-20)13-21(28)26(25)38-17-22(34)19-7-8-23-24(15-19)37-11-10-36-23/h2-8,13-15,22,29,34H,9-12,16-17H2,1H3. The number of aliphatic hydroxyl groups is 1. The molecule has 2 heterocycles. The number of rotatable bonds is 12. The number of fused-ring (bicyclic) bond motifs is 1. The molecule has 0 saturated heterocycles. The van der Waals surface area contributed by atoms with Crippen molar-refractivity contribution in [3.05, 3.63) is 76.3 Å². The van der Waals surface area contributed by atoms with E-state index in [1.54, 1.807) is 35.7 Å². The summed E-state index contributed by atoms with van der Waals surface area (Å²) in [6, 6.07) is 19.1. The Balaban J connectivity index is 1.12. The first-order chi connectivity index (χ1) is 19.1. The first-order valence-corrected chi connectivity index (χ1v) is 14.1. The number of halogens is 1. The van der Waals surface area contributed by atoms with Gasteiger partial charge in [0.1, 0.15) is 25.9 Å². The molecule has 4 aromatic rings. The predicted molar refractivity (Wildman–Crippen MR) is 150 cm³/mol. The second-order valence-corrected chi connectivity index (χ2v) is 10.5. The number of tetrazole rings is 1. The number of nitrogens with zero attached hydrogens (tertiary/aromatic N) is 4. The summed E-state index contributed by atoms with van der Waals surface area (Å²) in [5.41, 5.74) is 2.64. The highest BCUT2D eigenvalue weighted by molar-refractivity contribution is 9.10. The van der Waals surface area contributed by atoms with Crippen LogP contribution in [0.1, 0.15) is 17.2 Å². The number of aromatic nitrogens is 4. The van der Waals surface area contributed by atoms with Gasteiger partial charge in [0.2, 0.25) is 5.16 Å². The van der Waals surface area contributed by atoms with Crippen LogP contribution < -0.4 is 24.3 Å². The fraction of sp³-hybridized carbons (Fsp3) is 0.296. The Morgan fingerprint density at radius 2 is 1.92 bits per heavy atom. The minimum Gasteiger partial charge on any atom is -0.493 e. The molecule has 0 amide bonds. The van der Waals surface area contributed by atoms with Crippen LogP contribution in [0.25, 0.3) is 5.69 Å². The second kappa shape index (κ2) is 13.2. The number of methoxy groups -OCH3 is 1. The third kappa shape index (κ3) is 6.82. The van der Waals surface area contributed by atoms with Crippen LogP contribution in [0.4, 0.5) is 0 Å². The van der Waals surface area contributed by atoms with Crippen molar-refractivity contribution in [1.29, 1.82) is 0 Å². The topological polar surface area (TPSA) is 113 Å². The van der Waals surface area contributed by atoms with Gasteiger partial charge in [-0.05, 0) is 73.9 Å². The summed E-state index contributed by atoms with van der Waals surface area (Å²) < 4.78 is 25.2. The molecule has 0 saturated carbocycles. The number of benzene rings is 3. The molecule has 39 heavy (non-hydrogen) atoms. The Morgan fingerprint density at radius 1 is 1.10 bits per heavy atom. The van der Waals surface area contributed by atoms with Gasteiger partial charge in [-0.1, -0.05) is 36.0 Å². The van der Waals surface area contributed by atoms with Gasteiger partial charge >= 0.3 is 0 Å². The molecule has 0 aliphatic carbocycles. The van der Waals surface area contributed by atoms with Crippen LogP contribution in [-0.2, 0) is 6.54 Å². The SMILES string of the molecule is COc1cc(CNCCSc2nnnn2-c2ccccc2)cc(Br)c1OCC(O)c1ccc2c(c1)OCCO2. The van der Waals surface area contributed by atoms with Crippen LogP contribution in [-0.4, -0.2) is 64.5 Å².